The maximum Gasteiger partial charge on any atom is 0.0928 e. The van der Waals surface area contributed by atoms with Crippen molar-refractivity contribution in [2.45, 2.75) is 52.1 Å². The normalized spacial score (nSPS) is 14.3. The van der Waals surface area contributed by atoms with Crippen LogP contribution in [-0.4, -0.2) is 25.9 Å². The predicted molar refractivity (Wildman–Crippen MR) is 81.9 cm³/mol. The number of nitrogens with one attached hydrogen (secondary N) is 1. The second-order valence-corrected chi connectivity index (χ2v) is 5.69. The molecule has 0 saturated heterocycles. The Bertz CT molecular complexity index is 493. The van der Waals surface area contributed by atoms with E-state index in [2.05, 4.69) is 53.0 Å². The standard InChI is InChI=1S/C14H23N5S/c1-4-7-15-13(14-10-20-18-16-14)9-12-6-8-19(17-12)11(3)5-2/h6,8,10-11,13,15H,4-5,7,9H2,1-3H3. The number of hydrogen-bond donors (Lipinski definition) is 1. The fourth-order valence-corrected chi connectivity index (χ4v) is 2.56. The monoisotopic (exact) mass is 293 g/mol. The molecule has 0 aliphatic carbocycles. The minimum Gasteiger partial charge on any atom is -0.308 e. The quantitative estimate of drug-likeness (QED) is 0.813. The van der Waals surface area contributed by atoms with E-state index in [1.165, 1.54) is 11.5 Å². The van der Waals surface area contributed by atoms with Crippen LogP contribution in [0.4, 0.5) is 0 Å². The second-order valence-electron chi connectivity index (χ2n) is 5.08. The molecule has 110 valence electrons. The molecule has 0 aromatic carbocycles. The molecule has 0 fully saturated rings. The van der Waals surface area contributed by atoms with E-state index < -0.39 is 0 Å². The summed E-state index contributed by atoms with van der Waals surface area (Å²) < 4.78 is 6.01. The first-order chi connectivity index (χ1) is 9.74. The van der Waals surface area contributed by atoms with Gasteiger partial charge in [0.25, 0.3) is 0 Å². The van der Waals surface area contributed by atoms with Gasteiger partial charge in [0.05, 0.1) is 17.4 Å². The third-order valence-corrected chi connectivity index (χ3v) is 4.02. The maximum absolute atomic E-state index is 4.67. The Kier molecular flexibility index (Phi) is 5.67. The Hall–Kier alpha value is -1.27. The van der Waals surface area contributed by atoms with Crippen LogP contribution in [0.5, 0.6) is 0 Å². The van der Waals surface area contributed by atoms with Crippen LogP contribution in [0.25, 0.3) is 0 Å². The summed E-state index contributed by atoms with van der Waals surface area (Å²) in [5, 5.41) is 14.4. The van der Waals surface area contributed by atoms with Gasteiger partial charge in [0.2, 0.25) is 0 Å². The van der Waals surface area contributed by atoms with Gasteiger partial charge in [0, 0.05) is 24.0 Å². The van der Waals surface area contributed by atoms with Crippen molar-refractivity contribution in [1.29, 1.82) is 0 Å². The van der Waals surface area contributed by atoms with E-state index in [0.717, 1.165) is 37.2 Å². The molecule has 6 heteroatoms. The zero-order chi connectivity index (χ0) is 14.4. The summed E-state index contributed by atoms with van der Waals surface area (Å²) in [7, 11) is 0. The zero-order valence-corrected chi connectivity index (χ0v) is 13.2. The van der Waals surface area contributed by atoms with Crippen LogP contribution >= 0.6 is 11.5 Å². The highest BCUT2D eigenvalue weighted by Crippen LogP contribution is 2.18. The molecule has 2 aromatic heterocycles. The molecule has 2 rings (SSSR count). The summed E-state index contributed by atoms with van der Waals surface area (Å²) in [5.41, 5.74) is 2.12. The first-order valence-electron chi connectivity index (χ1n) is 7.29. The molecule has 2 atom stereocenters. The van der Waals surface area contributed by atoms with Gasteiger partial charge in [-0.25, -0.2) is 0 Å². The molecular formula is C14H23N5S. The van der Waals surface area contributed by atoms with Crippen LogP contribution in [0.1, 0.15) is 57.1 Å². The van der Waals surface area contributed by atoms with Crippen molar-refractivity contribution in [1.82, 2.24) is 24.7 Å². The van der Waals surface area contributed by atoms with Gasteiger partial charge in [-0.3, -0.25) is 4.68 Å². The first-order valence-corrected chi connectivity index (χ1v) is 8.12. The lowest BCUT2D eigenvalue weighted by atomic mass is 10.1. The van der Waals surface area contributed by atoms with Crippen LogP contribution in [0, 0.1) is 0 Å². The highest BCUT2D eigenvalue weighted by atomic mass is 32.1. The molecule has 0 bridgehead atoms. The van der Waals surface area contributed by atoms with Gasteiger partial charge in [-0.2, -0.15) is 5.10 Å². The Morgan fingerprint density at radius 2 is 2.25 bits per heavy atom. The lowest BCUT2D eigenvalue weighted by molar-refractivity contribution is 0.463. The van der Waals surface area contributed by atoms with E-state index in [1.807, 2.05) is 10.1 Å². The van der Waals surface area contributed by atoms with Crippen LogP contribution in [0.3, 0.4) is 0 Å². The molecule has 2 unspecified atom stereocenters. The molecule has 0 saturated carbocycles. The van der Waals surface area contributed by atoms with Gasteiger partial charge in [0.15, 0.2) is 0 Å². The number of rotatable bonds is 8. The summed E-state index contributed by atoms with van der Waals surface area (Å²) in [6.07, 6.45) is 5.12. The lowest BCUT2D eigenvalue weighted by Gasteiger charge is -2.15. The van der Waals surface area contributed by atoms with E-state index >= 15 is 0 Å². The van der Waals surface area contributed by atoms with Crippen molar-refractivity contribution in [3.8, 4) is 0 Å². The van der Waals surface area contributed by atoms with Crippen LogP contribution in [0.2, 0.25) is 0 Å². The van der Waals surface area contributed by atoms with Gasteiger partial charge < -0.3 is 5.32 Å². The molecule has 0 spiro atoms. The Balaban J connectivity index is 2.05. The molecule has 0 aliphatic rings. The number of aromatic nitrogens is 4. The number of nitrogens with zero attached hydrogens (tertiary/aromatic N) is 4. The number of hydrogen-bond acceptors (Lipinski definition) is 5. The van der Waals surface area contributed by atoms with Crippen molar-refractivity contribution < 1.29 is 0 Å². The molecule has 5 nitrogen and oxygen atoms in total. The SMILES string of the molecule is CCCNC(Cc1ccn(C(C)CC)n1)c1csnn1. The third-order valence-electron chi connectivity index (χ3n) is 3.49. The topological polar surface area (TPSA) is 55.6 Å². The minimum atomic E-state index is 0.203. The molecule has 0 aliphatic heterocycles. The Morgan fingerprint density at radius 3 is 2.90 bits per heavy atom. The fraction of sp³-hybridized carbons (Fsp3) is 0.643. The van der Waals surface area contributed by atoms with E-state index in [9.17, 15) is 0 Å². The smallest absolute Gasteiger partial charge is 0.0928 e. The molecule has 0 radical (unpaired) electrons. The van der Waals surface area contributed by atoms with Gasteiger partial charge in [0.1, 0.15) is 0 Å². The summed E-state index contributed by atoms with van der Waals surface area (Å²) in [5.74, 6) is 0. The van der Waals surface area contributed by atoms with Gasteiger partial charge in [-0.05, 0) is 43.9 Å². The third kappa shape index (κ3) is 3.86. The molecule has 2 heterocycles. The van der Waals surface area contributed by atoms with E-state index in [-0.39, 0.29) is 6.04 Å². The van der Waals surface area contributed by atoms with Crippen molar-refractivity contribution in [3.63, 3.8) is 0 Å². The maximum atomic E-state index is 4.67. The van der Waals surface area contributed by atoms with E-state index in [4.69, 9.17) is 0 Å². The van der Waals surface area contributed by atoms with E-state index in [0.29, 0.717) is 6.04 Å². The lowest BCUT2D eigenvalue weighted by Crippen LogP contribution is -2.24. The summed E-state index contributed by atoms with van der Waals surface area (Å²) in [6.45, 7) is 7.52. The van der Waals surface area contributed by atoms with Crippen molar-refractivity contribution in [2.75, 3.05) is 6.54 Å². The summed E-state index contributed by atoms with van der Waals surface area (Å²) in [6, 6.07) is 2.76. The van der Waals surface area contributed by atoms with Gasteiger partial charge in [-0.1, -0.05) is 18.3 Å². The van der Waals surface area contributed by atoms with Crippen LogP contribution < -0.4 is 5.32 Å². The highest BCUT2D eigenvalue weighted by molar-refractivity contribution is 7.03. The molecule has 20 heavy (non-hydrogen) atoms. The molecule has 1 N–H and O–H groups in total. The zero-order valence-electron chi connectivity index (χ0n) is 12.4. The van der Waals surface area contributed by atoms with E-state index in [1.54, 1.807) is 0 Å². The summed E-state index contributed by atoms with van der Waals surface area (Å²) in [4.78, 5) is 0. The van der Waals surface area contributed by atoms with Crippen LogP contribution in [0.15, 0.2) is 17.6 Å². The van der Waals surface area contributed by atoms with Crippen molar-refractivity contribution in [3.05, 3.63) is 29.0 Å². The van der Waals surface area contributed by atoms with Gasteiger partial charge in [-0.15, -0.1) is 5.10 Å². The average molecular weight is 293 g/mol. The minimum absolute atomic E-state index is 0.203. The predicted octanol–water partition coefficient (Wildman–Crippen LogP) is 2.99. The Morgan fingerprint density at radius 1 is 1.40 bits per heavy atom. The second kappa shape index (κ2) is 7.50. The van der Waals surface area contributed by atoms with Gasteiger partial charge >= 0.3 is 0 Å². The van der Waals surface area contributed by atoms with Crippen molar-refractivity contribution >= 4 is 11.5 Å². The Labute approximate surface area is 124 Å². The molecule has 0 amide bonds. The fourth-order valence-electron chi connectivity index (χ4n) is 2.05. The average Bonchev–Trinajstić information content (AvgIpc) is 3.13. The highest BCUT2D eigenvalue weighted by Gasteiger charge is 2.16. The summed E-state index contributed by atoms with van der Waals surface area (Å²) >= 11 is 1.40. The first kappa shape index (κ1) is 15.1. The molecular weight excluding hydrogens is 270 g/mol. The van der Waals surface area contributed by atoms with Crippen molar-refractivity contribution in [2.24, 2.45) is 0 Å². The van der Waals surface area contributed by atoms with Crippen LogP contribution in [-0.2, 0) is 6.42 Å². The molecule has 2 aromatic rings. The largest absolute Gasteiger partial charge is 0.308 e.